The van der Waals surface area contributed by atoms with Crippen LogP contribution in [0.1, 0.15) is 12.0 Å². The van der Waals surface area contributed by atoms with Crippen LogP contribution < -0.4 is 0 Å². The fourth-order valence-electron chi connectivity index (χ4n) is 3.66. The van der Waals surface area contributed by atoms with Crippen LogP contribution in [0.15, 0.2) is 45.9 Å². The first-order valence-corrected chi connectivity index (χ1v) is 12.3. The van der Waals surface area contributed by atoms with Gasteiger partial charge in [0.25, 0.3) is 10.0 Å². The third-order valence-electron chi connectivity index (χ3n) is 5.04. The van der Waals surface area contributed by atoms with Crippen LogP contribution in [0.3, 0.4) is 0 Å². The smallest absolute Gasteiger partial charge is 0.287 e. The first-order chi connectivity index (χ1) is 13.4. The molecule has 1 atom stereocenters. The number of fused-ring (bicyclic) bond motifs is 4. The summed E-state index contributed by atoms with van der Waals surface area (Å²) < 4.78 is 29.7. The molecule has 0 N–H and O–H groups in total. The van der Waals surface area contributed by atoms with Gasteiger partial charge in [0.05, 0.1) is 10.9 Å². The molecule has 10 heteroatoms. The van der Waals surface area contributed by atoms with Crippen LogP contribution in [0.4, 0.5) is 0 Å². The molecule has 0 saturated heterocycles. The van der Waals surface area contributed by atoms with E-state index < -0.39 is 10.0 Å². The van der Waals surface area contributed by atoms with E-state index in [-0.39, 0.29) is 10.2 Å². The van der Waals surface area contributed by atoms with Crippen LogP contribution in [0.5, 0.6) is 0 Å². The lowest BCUT2D eigenvalue weighted by molar-refractivity contribution is 0.364. The van der Waals surface area contributed by atoms with Gasteiger partial charge in [0.2, 0.25) is 5.03 Å². The van der Waals surface area contributed by atoms with Crippen molar-refractivity contribution in [2.75, 3.05) is 14.1 Å². The van der Waals surface area contributed by atoms with Crippen molar-refractivity contribution >= 4 is 60.6 Å². The van der Waals surface area contributed by atoms with Crippen molar-refractivity contribution < 1.29 is 8.42 Å². The van der Waals surface area contributed by atoms with Crippen molar-refractivity contribution in [3.8, 4) is 0 Å². The molecule has 1 aliphatic heterocycles. The summed E-state index contributed by atoms with van der Waals surface area (Å²) in [4.78, 5) is 8.10. The van der Waals surface area contributed by atoms with Crippen molar-refractivity contribution in [2.45, 2.75) is 28.1 Å². The number of thioether (sulfide) groups is 1. The summed E-state index contributed by atoms with van der Waals surface area (Å²) in [6.45, 7) is 0. The summed E-state index contributed by atoms with van der Waals surface area (Å²) in [5, 5.41) is 3.13. The molecule has 4 heterocycles. The largest absolute Gasteiger partial charge is 0.297 e. The molecular formula is C18H17ClN4O2S3. The van der Waals surface area contributed by atoms with Gasteiger partial charge in [-0.2, -0.15) is 8.42 Å². The summed E-state index contributed by atoms with van der Waals surface area (Å²) >= 11 is 9.35. The number of thiazole rings is 1. The highest BCUT2D eigenvalue weighted by Crippen LogP contribution is 2.41. The average Bonchev–Trinajstić information content (AvgIpc) is 3.34. The van der Waals surface area contributed by atoms with Gasteiger partial charge in [0.1, 0.15) is 0 Å². The maximum atomic E-state index is 13.5. The first-order valence-electron chi connectivity index (χ1n) is 8.70. The lowest BCUT2D eigenvalue weighted by atomic mass is 10.1. The molecule has 0 bridgehead atoms. The molecular weight excluding hydrogens is 436 g/mol. The zero-order valence-corrected chi connectivity index (χ0v) is 18.4. The third kappa shape index (κ3) is 2.64. The van der Waals surface area contributed by atoms with E-state index in [1.54, 1.807) is 29.5 Å². The fourth-order valence-corrected chi connectivity index (χ4v) is 7.76. The number of hydrogen-bond acceptors (Lipinski definition) is 6. The Kier molecular flexibility index (Phi) is 4.29. The quantitative estimate of drug-likeness (QED) is 0.467. The molecule has 1 aliphatic rings. The Morgan fingerprint density at radius 2 is 2.07 bits per heavy atom. The topological polar surface area (TPSA) is 59.6 Å². The van der Waals surface area contributed by atoms with E-state index in [9.17, 15) is 8.42 Å². The van der Waals surface area contributed by atoms with Crippen LogP contribution in [0.2, 0.25) is 5.15 Å². The summed E-state index contributed by atoms with van der Waals surface area (Å²) in [6, 6.07) is 5.82. The first kappa shape index (κ1) is 18.5. The second-order valence-electron chi connectivity index (χ2n) is 6.94. The SMILES string of the molecule is CN(C)C1CCc2ccc3c(ccn3S(=O)(=O)c3c(Cl)nc4sccn34)c2S1. The highest BCUT2D eigenvalue weighted by atomic mass is 35.5. The standard InChI is InChI=1S/C18H17ClN4O2S3/c1-21(2)14-6-4-11-3-5-13-12(15(11)27-14)7-8-23(13)28(24,25)17-16(19)20-18-22(17)9-10-26-18/h3,5,7-10,14H,4,6H2,1-2H3. The minimum absolute atomic E-state index is 0.000501. The number of halogens is 1. The Balaban J connectivity index is 1.70. The van der Waals surface area contributed by atoms with Crippen LogP contribution in [-0.4, -0.2) is 46.1 Å². The Bertz CT molecular complexity index is 1320. The van der Waals surface area contributed by atoms with E-state index >= 15 is 0 Å². The van der Waals surface area contributed by atoms with Crippen molar-refractivity contribution in [3.05, 3.63) is 46.7 Å². The highest BCUT2D eigenvalue weighted by molar-refractivity contribution is 8.00. The second kappa shape index (κ2) is 6.50. The number of nitrogens with zero attached hydrogens (tertiary/aromatic N) is 4. The average molecular weight is 453 g/mol. The molecule has 28 heavy (non-hydrogen) atoms. The van der Waals surface area contributed by atoms with Crippen LogP contribution in [-0.2, 0) is 16.4 Å². The number of hydrogen-bond donors (Lipinski definition) is 0. The van der Waals surface area contributed by atoms with Crippen molar-refractivity contribution in [3.63, 3.8) is 0 Å². The number of aryl methyl sites for hydroxylation is 1. The van der Waals surface area contributed by atoms with E-state index in [0.717, 1.165) is 23.1 Å². The van der Waals surface area contributed by atoms with E-state index in [4.69, 9.17) is 11.6 Å². The van der Waals surface area contributed by atoms with E-state index in [2.05, 4.69) is 24.0 Å². The molecule has 3 aromatic heterocycles. The molecule has 146 valence electrons. The van der Waals surface area contributed by atoms with E-state index in [0.29, 0.717) is 15.9 Å². The van der Waals surface area contributed by atoms with Gasteiger partial charge in [0.15, 0.2) is 10.1 Å². The maximum absolute atomic E-state index is 13.5. The summed E-state index contributed by atoms with van der Waals surface area (Å²) in [6.07, 6.45) is 5.36. The summed E-state index contributed by atoms with van der Waals surface area (Å²) in [7, 11) is 0.261. The number of aromatic nitrogens is 3. The number of imidazole rings is 1. The Labute approximate surface area is 175 Å². The maximum Gasteiger partial charge on any atom is 0.287 e. The lowest BCUT2D eigenvalue weighted by Gasteiger charge is -2.29. The van der Waals surface area contributed by atoms with Gasteiger partial charge in [-0.15, -0.1) is 23.1 Å². The second-order valence-corrected chi connectivity index (χ2v) is 11.1. The molecule has 4 aromatic rings. The van der Waals surface area contributed by atoms with Gasteiger partial charge in [-0.05, 0) is 44.6 Å². The third-order valence-corrected chi connectivity index (χ3v) is 9.54. The van der Waals surface area contributed by atoms with Gasteiger partial charge in [-0.3, -0.25) is 9.30 Å². The molecule has 0 spiro atoms. The van der Waals surface area contributed by atoms with Crippen molar-refractivity contribution in [1.82, 2.24) is 18.3 Å². The molecule has 6 nitrogen and oxygen atoms in total. The molecule has 0 saturated carbocycles. The normalized spacial score (nSPS) is 17.6. The highest BCUT2D eigenvalue weighted by Gasteiger charge is 2.30. The Hall–Kier alpha value is -1.52. The van der Waals surface area contributed by atoms with Gasteiger partial charge in [-0.25, -0.2) is 8.96 Å². The number of rotatable bonds is 3. The van der Waals surface area contributed by atoms with Crippen molar-refractivity contribution in [1.29, 1.82) is 0 Å². The predicted octanol–water partition coefficient (Wildman–Crippen LogP) is 4.17. The molecule has 1 aromatic carbocycles. The zero-order chi connectivity index (χ0) is 19.6. The lowest BCUT2D eigenvalue weighted by Crippen LogP contribution is -2.27. The van der Waals surface area contributed by atoms with Crippen LogP contribution >= 0.6 is 34.7 Å². The van der Waals surface area contributed by atoms with Gasteiger partial charge in [-0.1, -0.05) is 17.7 Å². The Morgan fingerprint density at radius 3 is 2.86 bits per heavy atom. The molecule has 0 radical (unpaired) electrons. The molecule has 0 amide bonds. The van der Waals surface area contributed by atoms with Gasteiger partial charge < -0.3 is 0 Å². The molecule has 5 rings (SSSR count). The monoisotopic (exact) mass is 452 g/mol. The molecule has 0 fully saturated rings. The van der Waals surface area contributed by atoms with Crippen LogP contribution in [0.25, 0.3) is 15.9 Å². The minimum atomic E-state index is -3.89. The zero-order valence-electron chi connectivity index (χ0n) is 15.2. The van der Waals surface area contributed by atoms with Crippen molar-refractivity contribution in [2.24, 2.45) is 0 Å². The molecule has 1 unspecified atom stereocenters. The predicted molar refractivity (Wildman–Crippen MR) is 114 cm³/mol. The van der Waals surface area contributed by atoms with Crippen LogP contribution in [0, 0.1) is 0 Å². The summed E-state index contributed by atoms with van der Waals surface area (Å²) in [5.41, 5.74) is 1.93. The van der Waals surface area contributed by atoms with E-state index in [1.807, 2.05) is 18.2 Å². The fraction of sp³-hybridized carbons (Fsp3) is 0.278. The van der Waals surface area contributed by atoms with Gasteiger partial charge >= 0.3 is 0 Å². The number of benzene rings is 1. The summed E-state index contributed by atoms with van der Waals surface area (Å²) in [5.74, 6) is 0. The Morgan fingerprint density at radius 1 is 1.25 bits per heavy atom. The minimum Gasteiger partial charge on any atom is -0.297 e. The molecule has 0 aliphatic carbocycles. The van der Waals surface area contributed by atoms with E-state index in [1.165, 1.54) is 25.3 Å². The van der Waals surface area contributed by atoms with Gasteiger partial charge in [0, 0.05) is 28.1 Å².